The van der Waals surface area contributed by atoms with Crippen LogP contribution in [0.4, 0.5) is 0 Å². The van der Waals surface area contributed by atoms with Gasteiger partial charge in [-0.15, -0.1) is 12.4 Å². The van der Waals surface area contributed by atoms with E-state index in [0.29, 0.717) is 18.4 Å². The summed E-state index contributed by atoms with van der Waals surface area (Å²) in [6, 6.07) is 15.0. The average Bonchev–Trinajstić information content (AvgIpc) is 3.45. The van der Waals surface area contributed by atoms with Crippen LogP contribution < -0.4 is 11.1 Å². The smallest absolute Gasteiger partial charge is 0.224 e. The third kappa shape index (κ3) is 3.22. The summed E-state index contributed by atoms with van der Waals surface area (Å²) in [5.41, 5.74) is 7.10. The minimum atomic E-state index is 0. The van der Waals surface area contributed by atoms with E-state index in [1.54, 1.807) is 0 Å². The number of amides is 1. The van der Waals surface area contributed by atoms with E-state index in [9.17, 15) is 4.79 Å². The predicted octanol–water partition coefficient (Wildman–Crippen LogP) is 3.22. The van der Waals surface area contributed by atoms with Gasteiger partial charge in [-0.2, -0.15) is 0 Å². The molecule has 2 fully saturated rings. The lowest BCUT2D eigenvalue weighted by molar-refractivity contribution is -0.123. The summed E-state index contributed by atoms with van der Waals surface area (Å²) < 4.78 is 0. The van der Waals surface area contributed by atoms with Gasteiger partial charge < -0.3 is 11.1 Å². The molecule has 122 valence electrons. The molecule has 0 aliphatic heterocycles. The molecule has 0 heterocycles. The maximum atomic E-state index is 12.5. The van der Waals surface area contributed by atoms with E-state index in [1.807, 2.05) is 0 Å². The number of rotatable bonds is 5. The molecule has 4 heteroatoms. The maximum absolute atomic E-state index is 12.5. The van der Waals surface area contributed by atoms with Gasteiger partial charge in [-0.1, -0.05) is 42.5 Å². The lowest BCUT2D eigenvalue weighted by Crippen LogP contribution is -2.42. The zero-order valence-electron chi connectivity index (χ0n) is 13.1. The third-order valence-electron chi connectivity index (χ3n) is 5.12. The van der Waals surface area contributed by atoms with Gasteiger partial charge in [-0.3, -0.25) is 4.79 Å². The molecule has 3 N–H and O–H groups in total. The zero-order chi connectivity index (χ0) is 15.1. The summed E-state index contributed by atoms with van der Waals surface area (Å²) in [4.78, 5) is 12.5. The first-order valence-corrected chi connectivity index (χ1v) is 8.26. The molecule has 2 aromatic carbocycles. The molecule has 2 aliphatic rings. The summed E-state index contributed by atoms with van der Waals surface area (Å²) >= 11 is 0. The Balaban J connectivity index is 0.00000156. The zero-order valence-corrected chi connectivity index (χ0v) is 13.9. The Morgan fingerprint density at radius 2 is 1.91 bits per heavy atom. The number of halogens is 1. The fourth-order valence-corrected chi connectivity index (χ4v) is 3.56. The van der Waals surface area contributed by atoms with Crippen LogP contribution in [-0.4, -0.2) is 18.5 Å². The SMILES string of the molecule is Cl.NCC(NC(=O)C1CC1c1cccc2ccccc12)C1CC1. The Bertz CT molecular complexity index is 708. The van der Waals surface area contributed by atoms with E-state index in [2.05, 4.69) is 47.8 Å². The number of nitrogens with one attached hydrogen (secondary N) is 1. The van der Waals surface area contributed by atoms with Crippen LogP contribution in [0.15, 0.2) is 42.5 Å². The number of hydrogen-bond donors (Lipinski definition) is 2. The standard InChI is InChI=1S/C19H22N2O.ClH/c20-11-18(13-8-9-13)21-19(22)17-10-16(17)15-7-3-5-12-4-1-2-6-14(12)15;/h1-7,13,16-18H,8-11,20H2,(H,21,22);1H. The van der Waals surface area contributed by atoms with Gasteiger partial charge in [0.05, 0.1) is 0 Å². The molecule has 0 bridgehead atoms. The number of fused-ring (bicyclic) bond motifs is 1. The highest BCUT2D eigenvalue weighted by Crippen LogP contribution is 2.49. The highest BCUT2D eigenvalue weighted by atomic mass is 35.5. The molecule has 1 amide bonds. The fraction of sp³-hybridized carbons (Fsp3) is 0.421. The van der Waals surface area contributed by atoms with E-state index in [0.717, 1.165) is 6.42 Å². The molecule has 0 saturated heterocycles. The van der Waals surface area contributed by atoms with Gasteiger partial charge in [0.2, 0.25) is 5.91 Å². The van der Waals surface area contributed by atoms with Crippen molar-refractivity contribution in [3.63, 3.8) is 0 Å². The summed E-state index contributed by atoms with van der Waals surface area (Å²) in [7, 11) is 0. The summed E-state index contributed by atoms with van der Waals surface area (Å²) in [6.07, 6.45) is 3.38. The normalized spacial score (nSPS) is 23.9. The second-order valence-corrected chi connectivity index (χ2v) is 6.71. The van der Waals surface area contributed by atoms with Crippen molar-refractivity contribution in [3.8, 4) is 0 Å². The summed E-state index contributed by atoms with van der Waals surface area (Å²) in [5.74, 6) is 1.30. The molecule has 2 saturated carbocycles. The van der Waals surface area contributed by atoms with E-state index in [-0.39, 0.29) is 30.3 Å². The topological polar surface area (TPSA) is 55.1 Å². The van der Waals surface area contributed by atoms with Crippen LogP contribution in [0, 0.1) is 11.8 Å². The number of carbonyl (C=O) groups is 1. The third-order valence-corrected chi connectivity index (χ3v) is 5.12. The van der Waals surface area contributed by atoms with Crippen LogP contribution in [0.3, 0.4) is 0 Å². The van der Waals surface area contributed by atoms with Crippen LogP contribution in [0.2, 0.25) is 0 Å². The molecule has 3 nitrogen and oxygen atoms in total. The number of benzene rings is 2. The van der Waals surface area contributed by atoms with Crippen LogP contribution in [0.5, 0.6) is 0 Å². The van der Waals surface area contributed by atoms with Crippen LogP contribution in [0.25, 0.3) is 10.8 Å². The molecule has 2 aromatic rings. The Hall–Kier alpha value is -1.58. The van der Waals surface area contributed by atoms with Gasteiger partial charge in [0.25, 0.3) is 0 Å². The first-order chi connectivity index (χ1) is 10.8. The lowest BCUT2D eigenvalue weighted by atomic mass is 10.00. The van der Waals surface area contributed by atoms with Crippen LogP contribution in [-0.2, 0) is 4.79 Å². The molecule has 23 heavy (non-hydrogen) atoms. The second kappa shape index (κ2) is 6.50. The monoisotopic (exact) mass is 330 g/mol. The number of carbonyl (C=O) groups excluding carboxylic acids is 1. The quantitative estimate of drug-likeness (QED) is 0.884. The van der Waals surface area contributed by atoms with Gasteiger partial charge in [0.1, 0.15) is 0 Å². The van der Waals surface area contributed by atoms with Gasteiger partial charge in [-0.25, -0.2) is 0 Å². The van der Waals surface area contributed by atoms with Crippen molar-refractivity contribution in [3.05, 3.63) is 48.0 Å². The number of hydrogen-bond acceptors (Lipinski definition) is 2. The van der Waals surface area contributed by atoms with Crippen molar-refractivity contribution < 1.29 is 4.79 Å². The largest absolute Gasteiger partial charge is 0.352 e. The maximum Gasteiger partial charge on any atom is 0.224 e. The molecular formula is C19H23ClN2O. The van der Waals surface area contributed by atoms with Crippen molar-refractivity contribution >= 4 is 29.1 Å². The first kappa shape index (κ1) is 16.3. The molecule has 0 aromatic heterocycles. The number of nitrogens with two attached hydrogens (primary N) is 1. The van der Waals surface area contributed by atoms with Gasteiger partial charge in [-0.05, 0) is 47.4 Å². The predicted molar refractivity (Wildman–Crippen MR) is 95.8 cm³/mol. The molecule has 3 unspecified atom stereocenters. The van der Waals surface area contributed by atoms with Gasteiger partial charge in [0.15, 0.2) is 0 Å². The van der Waals surface area contributed by atoms with Gasteiger partial charge in [0, 0.05) is 18.5 Å². The molecule has 2 aliphatic carbocycles. The fourth-order valence-electron chi connectivity index (χ4n) is 3.56. The van der Waals surface area contributed by atoms with Crippen molar-refractivity contribution in [1.29, 1.82) is 0 Å². The summed E-state index contributed by atoms with van der Waals surface area (Å²) in [5, 5.41) is 5.71. The minimum Gasteiger partial charge on any atom is -0.352 e. The lowest BCUT2D eigenvalue weighted by Gasteiger charge is -2.16. The van der Waals surface area contributed by atoms with E-state index in [1.165, 1.54) is 29.2 Å². The van der Waals surface area contributed by atoms with E-state index < -0.39 is 0 Å². The average molecular weight is 331 g/mol. The van der Waals surface area contributed by atoms with Crippen LogP contribution in [0.1, 0.15) is 30.7 Å². The first-order valence-electron chi connectivity index (χ1n) is 8.26. The molecule has 0 spiro atoms. The molecule has 3 atom stereocenters. The van der Waals surface area contributed by atoms with Crippen LogP contribution >= 0.6 is 12.4 Å². The highest BCUT2D eigenvalue weighted by molar-refractivity contribution is 5.89. The molecule has 0 radical (unpaired) electrons. The van der Waals surface area contributed by atoms with E-state index >= 15 is 0 Å². The molecular weight excluding hydrogens is 308 g/mol. The Morgan fingerprint density at radius 1 is 1.17 bits per heavy atom. The van der Waals surface area contributed by atoms with Crippen molar-refractivity contribution in [2.75, 3.05) is 6.54 Å². The highest BCUT2D eigenvalue weighted by Gasteiger charge is 2.45. The van der Waals surface area contributed by atoms with Gasteiger partial charge >= 0.3 is 0 Å². The Morgan fingerprint density at radius 3 is 2.65 bits per heavy atom. The Kier molecular flexibility index (Phi) is 4.60. The minimum absolute atomic E-state index is 0. The van der Waals surface area contributed by atoms with Crippen molar-refractivity contribution in [2.24, 2.45) is 17.6 Å². The molecule has 4 rings (SSSR count). The Labute approximate surface area is 143 Å². The second-order valence-electron chi connectivity index (χ2n) is 6.71. The van der Waals surface area contributed by atoms with E-state index in [4.69, 9.17) is 5.73 Å². The van der Waals surface area contributed by atoms with Crippen molar-refractivity contribution in [1.82, 2.24) is 5.32 Å². The summed E-state index contributed by atoms with van der Waals surface area (Å²) in [6.45, 7) is 0.558. The van der Waals surface area contributed by atoms with Crippen molar-refractivity contribution in [2.45, 2.75) is 31.2 Å².